The van der Waals surface area contributed by atoms with Crippen LogP contribution in [0.15, 0.2) is 0 Å². The summed E-state index contributed by atoms with van der Waals surface area (Å²) < 4.78 is 11.3. The van der Waals surface area contributed by atoms with Crippen LogP contribution in [-0.2, 0) is 14.3 Å². The molecule has 0 spiro atoms. The molecule has 364 valence electrons. The molecule has 7 unspecified atom stereocenters. The van der Waals surface area contributed by atoms with E-state index in [1.807, 2.05) is 0 Å². The summed E-state index contributed by atoms with van der Waals surface area (Å²) in [4.78, 5) is 13.0. The standard InChI is InChI=1S/C52H103NO8/c1-3-5-7-9-11-13-15-16-17-18-19-20-21-22-23-24-25-26-27-28-29-30-31-32-34-36-38-40-42-48(56)53-45(44-60-52-51(59)50(58)49(57)47(43-54)61-52)46(55)41-39-37-35-33-14-12-10-8-6-4-2/h45-47,49-52,54-55,57-59H,3-44H2,1-2H3,(H,53,56). The third-order valence-corrected chi connectivity index (χ3v) is 13.2. The van der Waals surface area contributed by atoms with Crippen molar-refractivity contribution in [2.24, 2.45) is 0 Å². The Balaban J connectivity index is 2.11. The molecule has 0 bridgehead atoms. The molecule has 1 amide bonds. The highest BCUT2D eigenvalue weighted by Gasteiger charge is 2.44. The van der Waals surface area contributed by atoms with E-state index in [4.69, 9.17) is 9.47 Å². The Morgan fingerprint density at radius 2 is 0.820 bits per heavy atom. The van der Waals surface area contributed by atoms with Crippen LogP contribution >= 0.6 is 0 Å². The quantitative estimate of drug-likeness (QED) is 0.0331. The number of aliphatic hydroxyl groups is 5. The van der Waals surface area contributed by atoms with Crippen LogP contribution in [0.3, 0.4) is 0 Å². The van der Waals surface area contributed by atoms with Gasteiger partial charge in [-0.05, 0) is 12.8 Å². The lowest BCUT2D eigenvalue weighted by Gasteiger charge is -2.40. The molecule has 1 heterocycles. The molecule has 1 rings (SSSR count). The highest BCUT2D eigenvalue weighted by atomic mass is 16.7. The third-order valence-electron chi connectivity index (χ3n) is 13.2. The molecule has 0 aromatic carbocycles. The second kappa shape index (κ2) is 43.1. The van der Waals surface area contributed by atoms with Gasteiger partial charge in [0.2, 0.25) is 5.91 Å². The molecule has 1 aliphatic heterocycles. The fraction of sp³-hybridized carbons (Fsp3) is 0.981. The molecule has 6 N–H and O–H groups in total. The minimum atomic E-state index is -1.55. The van der Waals surface area contributed by atoms with Crippen LogP contribution in [0.4, 0.5) is 0 Å². The number of ether oxygens (including phenoxy) is 2. The zero-order valence-electron chi connectivity index (χ0n) is 40.2. The third kappa shape index (κ3) is 33.3. The fourth-order valence-corrected chi connectivity index (χ4v) is 8.93. The zero-order valence-corrected chi connectivity index (χ0v) is 40.2. The highest BCUT2D eigenvalue weighted by molar-refractivity contribution is 5.76. The Kier molecular flexibility index (Phi) is 41.1. The number of rotatable bonds is 46. The van der Waals surface area contributed by atoms with Crippen LogP contribution in [-0.4, -0.2) is 87.5 Å². The van der Waals surface area contributed by atoms with Crippen LogP contribution in [0.1, 0.15) is 271 Å². The normalized spacial score (nSPS) is 20.3. The number of hydrogen-bond donors (Lipinski definition) is 6. The molecule has 0 radical (unpaired) electrons. The maximum atomic E-state index is 13.0. The van der Waals surface area contributed by atoms with Gasteiger partial charge in [0.05, 0.1) is 25.4 Å². The summed E-state index contributed by atoms with van der Waals surface area (Å²) >= 11 is 0. The van der Waals surface area contributed by atoms with E-state index in [1.165, 1.54) is 205 Å². The second-order valence-corrected chi connectivity index (χ2v) is 19.0. The van der Waals surface area contributed by atoms with Crippen LogP contribution in [0.2, 0.25) is 0 Å². The van der Waals surface area contributed by atoms with Gasteiger partial charge in [-0.25, -0.2) is 0 Å². The molecule has 0 aliphatic carbocycles. The van der Waals surface area contributed by atoms with Crippen molar-refractivity contribution in [3.8, 4) is 0 Å². The Labute approximate surface area is 376 Å². The van der Waals surface area contributed by atoms with Crippen molar-refractivity contribution >= 4 is 5.91 Å². The van der Waals surface area contributed by atoms with Gasteiger partial charge in [0, 0.05) is 6.42 Å². The van der Waals surface area contributed by atoms with Gasteiger partial charge in [-0.2, -0.15) is 0 Å². The van der Waals surface area contributed by atoms with Crippen LogP contribution in [0.5, 0.6) is 0 Å². The number of aliphatic hydroxyl groups excluding tert-OH is 5. The molecule has 1 fully saturated rings. The molecule has 61 heavy (non-hydrogen) atoms. The van der Waals surface area contributed by atoms with Gasteiger partial charge in [0.25, 0.3) is 0 Å². The van der Waals surface area contributed by atoms with Crippen LogP contribution < -0.4 is 5.32 Å². The molecule has 9 nitrogen and oxygen atoms in total. The van der Waals surface area contributed by atoms with Crippen LogP contribution in [0, 0.1) is 0 Å². The molecule has 0 aromatic heterocycles. The number of nitrogens with one attached hydrogen (secondary N) is 1. The van der Waals surface area contributed by atoms with Gasteiger partial charge in [-0.1, -0.05) is 251 Å². The summed E-state index contributed by atoms with van der Waals surface area (Å²) in [5, 5.41) is 54.3. The summed E-state index contributed by atoms with van der Waals surface area (Å²) in [6, 6.07) is -0.711. The summed E-state index contributed by atoms with van der Waals surface area (Å²) in [6.45, 7) is 3.85. The number of amides is 1. The average molecular weight is 870 g/mol. The second-order valence-electron chi connectivity index (χ2n) is 19.0. The van der Waals surface area contributed by atoms with Crippen molar-refractivity contribution in [1.82, 2.24) is 5.32 Å². The Morgan fingerprint density at radius 1 is 0.492 bits per heavy atom. The molecule has 1 aliphatic rings. The molecular weight excluding hydrogens is 767 g/mol. The minimum Gasteiger partial charge on any atom is -0.394 e. The van der Waals surface area contributed by atoms with E-state index in [1.54, 1.807) is 0 Å². The zero-order chi connectivity index (χ0) is 44.4. The fourth-order valence-electron chi connectivity index (χ4n) is 8.93. The Bertz CT molecular complexity index is 924. The van der Waals surface area contributed by atoms with Gasteiger partial charge in [-0.3, -0.25) is 4.79 Å². The Hall–Kier alpha value is -0.810. The van der Waals surface area contributed by atoms with Gasteiger partial charge in [-0.15, -0.1) is 0 Å². The van der Waals surface area contributed by atoms with E-state index in [9.17, 15) is 30.3 Å². The Morgan fingerprint density at radius 3 is 1.16 bits per heavy atom. The van der Waals surface area contributed by atoms with Crippen LogP contribution in [0.25, 0.3) is 0 Å². The van der Waals surface area contributed by atoms with Crippen molar-refractivity contribution in [2.75, 3.05) is 13.2 Å². The van der Waals surface area contributed by atoms with E-state index in [0.717, 1.165) is 38.5 Å². The first-order valence-corrected chi connectivity index (χ1v) is 26.7. The minimum absolute atomic E-state index is 0.132. The number of hydrogen-bond acceptors (Lipinski definition) is 8. The molecule has 7 atom stereocenters. The lowest BCUT2D eigenvalue weighted by atomic mass is 9.99. The van der Waals surface area contributed by atoms with E-state index in [2.05, 4.69) is 19.2 Å². The monoisotopic (exact) mass is 870 g/mol. The maximum Gasteiger partial charge on any atom is 0.220 e. The first-order valence-electron chi connectivity index (χ1n) is 26.7. The first kappa shape index (κ1) is 58.2. The lowest BCUT2D eigenvalue weighted by Crippen LogP contribution is -2.60. The molecule has 0 aromatic rings. The topological polar surface area (TPSA) is 149 Å². The SMILES string of the molecule is CCCCCCCCCCCCCCCCCCCCCCCCCCCCCCC(=O)NC(COC1OC(CO)C(O)C(O)C1O)C(O)CCCCCCCCCCCC. The van der Waals surface area contributed by atoms with Crippen molar-refractivity contribution in [2.45, 2.75) is 314 Å². The molecule has 0 saturated carbocycles. The number of carbonyl (C=O) groups excluding carboxylic acids is 1. The largest absolute Gasteiger partial charge is 0.394 e. The van der Waals surface area contributed by atoms with Gasteiger partial charge in [0.1, 0.15) is 24.4 Å². The van der Waals surface area contributed by atoms with E-state index >= 15 is 0 Å². The molecule has 1 saturated heterocycles. The van der Waals surface area contributed by atoms with E-state index < -0.39 is 49.5 Å². The van der Waals surface area contributed by atoms with Crippen molar-refractivity contribution in [1.29, 1.82) is 0 Å². The molecular formula is C52H103NO8. The molecule has 9 heteroatoms. The first-order chi connectivity index (χ1) is 29.8. The van der Waals surface area contributed by atoms with Crippen molar-refractivity contribution < 1.29 is 39.8 Å². The smallest absolute Gasteiger partial charge is 0.220 e. The predicted octanol–water partition coefficient (Wildman–Crippen LogP) is 12.3. The van der Waals surface area contributed by atoms with Gasteiger partial charge >= 0.3 is 0 Å². The summed E-state index contributed by atoms with van der Waals surface area (Å²) in [5.41, 5.74) is 0. The average Bonchev–Trinajstić information content (AvgIpc) is 3.26. The van der Waals surface area contributed by atoms with E-state index in [0.29, 0.717) is 12.8 Å². The van der Waals surface area contributed by atoms with Gasteiger partial charge in [0.15, 0.2) is 6.29 Å². The van der Waals surface area contributed by atoms with E-state index in [-0.39, 0.29) is 12.5 Å². The number of unbranched alkanes of at least 4 members (excludes halogenated alkanes) is 36. The van der Waals surface area contributed by atoms with Crippen molar-refractivity contribution in [3.05, 3.63) is 0 Å². The lowest BCUT2D eigenvalue weighted by molar-refractivity contribution is -0.302. The van der Waals surface area contributed by atoms with Gasteiger partial charge < -0.3 is 40.3 Å². The summed E-state index contributed by atoms with van der Waals surface area (Å²) in [7, 11) is 0. The summed E-state index contributed by atoms with van der Waals surface area (Å²) in [6.07, 6.45) is 42.9. The maximum absolute atomic E-state index is 13.0. The predicted molar refractivity (Wildman–Crippen MR) is 254 cm³/mol. The van der Waals surface area contributed by atoms with Crippen molar-refractivity contribution in [3.63, 3.8) is 0 Å². The number of carbonyl (C=O) groups is 1. The highest BCUT2D eigenvalue weighted by Crippen LogP contribution is 2.23. The summed E-state index contributed by atoms with van der Waals surface area (Å²) in [5.74, 6) is -0.140.